The molecule has 1 unspecified atom stereocenters. The highest BCUT2D eigenvalue weighted by atomic mass is 14.1. The van der Waals surface area contributed by atoms with Gasteiger partial charge in [-0.25, -0.2) is 0 Å². The van der Waals surface area contributed by atoms with E-state index in [0.29, 0.717) is 0 Å². The normalized spacial score (nSPS) is 12.4. The van der Waals surface area contributed by atoms with E-state index in [0.717, 1.165) is 5.92 Å². The van der Waals surface area contributed by atoms with Gasteiger partial charge in [0.05, 0.1) is 0 Å². The molecule has 0 aliphatic rings. The van der Waals surface area contributed by atoms with Crippen LogP contribution in [0.5, 0.6) is 0 Å². The molecule has 0 heteroatoms. The van der Waals surface area contributed by atoms with Crippen LogP contribution in [-0.4, -0.2) is 0 Å². The minimum atomic E-state index is 1.01. The SMILES string of the molecule is C=CCCCCCCCCCCC(CC)CCCCCCCC. The van der Waals surface area contributed by atoms with Crippen molar-refractivity contribution in [3.63, 3.8) is 0 Å². The molecule has 0 spiro atoms. The van der Waals surface area contributed by atoms with E-state index in [1.54, 1.807) is 0 Å². The van der Waals surface area contributed by atoms with Crippen LogP contribution in [0.25, 0.3) is 0 Å². The fourth-order valence-electron chi connectivity index (χ4n) is 3.55. The molecule has 0 amide bonds. The maximum Gasteiger partial charge on any atom is -0.0353 e. The van der Waals surface area contributed by atoms with E-state index in [9.17, 15) is 0 Å². The van der Waals surface area contributed by atoms with Gasteiger partial charge in [0.15, 0.2) is 0 Å². The molecule has 0 saturated carbocycles. The molecule has 0 fully saturated rings. The number of unbranched alkanes of at least 4 members (excludes halogenated alkanes) is 13. The van der Waals surface area contributed by atoms with Crippen molar-refractivity contribution in [1.82, 2.24) is 0 Å². The smallest absolute Gasteiger partial charge is 0.0353 e. The summed E-state index contributed by atoms with van der Waals surface area (Å²) in [6.07, 6.45) is 27.8. The lowest BCUT2D eigenvalue weighted by Crippen LogP contribution is -1.99. The highest BCUT2D eigenvalue weighted by Gasteiger charge is 2.05. The highest BCUT2D eigenvalue weighted by molar-refractivity contribution is 4.65. The Morgan fingerprint density at radius 2 is 1.04 bits per heavy atom. The first-order chi connectivity index (χ1) is 11.3. The molecule has 0 nitrogen and oxygen atoms in total. The van der Waals surface area contributed by atoms with Gasteiger partial charge in [0.1, 0.15) is 0 Å². The third-order valence-electron chi connectivity index (χ3n) is 5.31. The predicted octanol–water partition coefficient (Wildman–Crippen LogP) is 8.85. The van der Waals surface area contributed by atoms with Crippen molar-refractivity contribution in [2.45, 2.75) is 129 Å². The second-order valence-corrected chi connectivity index (χ2v) is 7.53. The van der Waals surface area contributed by atoms with Gasteiger partial charge in [-0.3, -0.25) is 0 Å². The zero-order valence-electron chi connectivity index (χ0n) is 16.6. The van der Waals surface area contributed by atoms with Gasteiger partial charge in [-0.05, 0) is 18.8 Å². The largest absolute Gasteiger partial charge is 0.103 e. The molecule has 1 atom stereocenters. The van der Waals surface area contributed by atoms with Crippen LogP contribution in [0, 0.1) is 5.92 Å². The monoisotopic (exact) mass is 322 g/mol. The van der Waals surface area contributed by atoms with Crippen molar-refractivity contribution in [2.75, 3.05) is 0 Å². The Balaban J connectivity index is 3.28. The summed E-state index contributed by atoms with van der Waals surface area (Å²) in [5, 5.41) is 0. The number of allylic oxidation sites excluding steroid dienone is 1. The highest BCUT2D eigenvalue weighted by Crippen LogP contribution is 2.21. The van der Waals surface area contributed by atoms with Gasteiger partial charge < -0.3 is 0 Å². The molecule has 0 bridgehead atoms. The first kappa shape index (κ1) is 22.7. The quantitative estimate of drug-likeness (QED) is 0.164. The Kier molecular flexibility index (Phi) is 19.6. The molecule has 0 heterocycles. The molecule has 0 aromatic heterocycles. The average molecular weight is 323 g/mol. The maximum absolute atomic E-state index is 3.78. The minimum absolute atomic E-state index is 1.01. The fourth-order valence-corrected chi connectivity index (χ4v) is 3.55. The number of hydrogen-bond acceptors (Lipinski definition) is 0. The van der Waals surface area contributed by atoms with Gasteiger partial charge in [-0.1, -0.05) is 123 Å². The summed E-state index contributed by atoms with van der Waals surface area (Å²) in [6.45, 7) is 8.48. The van der Waals surface area contributed by atoms with Crippen LogP contribution in [0.15, 0.2) is 12.7 Å². The summed E-state index contributed by atoms with van der Waals surface area (Å²) >= 11 is 0. The van der Waals surface area contributed by atoms with E-state index in [1.807, 2.05) is 0 Å². The van der Waals surface area contributed by atoms with E-state index in [2.05, 4.69) is 26.5 Å². The topological polar surface area (TPSA) is 0 Å². The van der Waals surface area contributed by atoms with Crippen LogP contribution in [-0.2, 0) is 0 Å². The Morgan fingerprint density at radius 3 is 1.48 bits per heavy atom. The molecule has 0 N–H and O–H groups in total. The maximum atomic E-state index is 3.78. The fraction of sp³-hybridized carbons (Fsp3) is 0.913. The van der Waals surface area contributed by atoms with Crippen LogP contribution in [0.1, 0.15) is 129 Å². The van der Waals surface area contributed by atoms with Crippen molar-refractivity contribution in [3.8, 4) is 0 Å². The molecule has 138 valence electrons. The van der Waals surface area contributed by atoms with Crippen molar-refractivity contribution in [2.24, 2.45) is 5.92 Å². The number of rotatable bonds is 19. The summed E-state index contributed by atoms with van der Waals surface area (Å²) < 4.78 is 0. The molecular weight excluding hydrogens is 276 g/mol. The standard InChI is InChI=1S/C23H46/c1-4-7-9-11-13-14-15-16-18-20-22-23(6-3)21-19-17-12-10-8-5-2/h4,23H,1,5-22H2,2-3H3. The molecular formula is C23H46. The third-order valence-corrected chi connectivity index (χ3v) is 5.31. The van der Waals surface area contributed by atoms with Gasteiger partial charge in [0.2, 0.25) is 0 Å². The van der Waals surface area contributed by atoms with Gasteiger partial charge in [0.25, 0.3) is 0 Å². The summed E-state index contributed by atoms with van der Waals surface area (Å²) in [5.74, 6) is 1.01. The van der Waals surface area contributed by atoms with Crippen LogP contribution < -0.4 is 0 Å². The van der Waals surface area contributed by atoms with Gasteiger partial charge in [0, 0.05) is 0 Å². The molecule has 0 radical (unpaired) electrons. The predicted molar refractivity (Wildman–Crippen MR) is 108 cm³/mol. The van der Waals surface area contributed by atoms with Gasteiger partial charge in [-0.15, -0.1) is 6.58 Å². The van der Waals surface area contributed by atoms with Crippen molar-refractivity contribution >= 4 is 0 Å². The third kappa shape index (κ3) is 17.9. The first-order valence-corrected chi connectivity index (χ1v) is 11.0. The Bertz CT molecular complexity index is 218. The van der Waals surface area contributed by atoms with Crippen LogP contribution >= 0.6 is 0 Å². The van der Waals surface area contributed by atoms with Crippen molar-refractivity contribution in [1.29, 1.82) is 0 Å². The van der Waals surface area contributed by atoms with Gasteiger partial charge in [-0.2, -0.15) is 0 Å². The van der Waals surface area contributed by atoms with Crippen molar-refractivity contribution < 1.29 is 0 Å². The second-order valence-electron chi connectivity index (χ2n) is 7.53. The van der Waals surface area contributed by atoms with E-state index in [-0.39, 0.29) is 0 Å². The molecule has 0 aromatic carbocycles. The van der Waals surface area contributed by atoms with Crippen LogP contribution in [0.4, 0.5) is 0 Å². The lowest BCUT2D eigenvalue weighted by atomic mass is 9.92. The lowest BCUT2D eigenvalue weighted by molar-refractivity contribution is 0.392. The summed E-state index contributed by atoms with van der Waals surface area (Å²) in [7, 11) is 0. The van der Waals surface area contributed by atoms with Gasteiger partial charge >= 0.3 is 0 Å². The Morgan fingerprint density at radius 1 is 0.609 bits per heavy atom. The van der Waals surface area contributed by atoms with Crippen LogP contribution in [0.3, 0.4) is 0 Å². The summed E-state index contributed by atoms with van der Waals surface area (Å²) in [5.41, 5.74) is 0. The molecule has 0 rings (SSSR count). The van der Waals surface area contributed by atoms with E-state index in [1.165, 1.54) is 116 Å². The van der Waals surface area contributed by atoms with Crippen LogP contribution in [0.2, 0.25) is 0 Å². The lowest BCUT2D eigenvalue weighted by Gasteiger charge is -2.14. The second kappa shape index (κ2) is 19.8. The zero-order valence-corrected chi connectivity index (χ0v) is 16.6. The van der Waals surface area contributed by atoms with E-state index < -0.39 is 0 Å². The number of hydrogen-bond donors (Lipinski definition) is 0. The zero-order chi connectivity index (χ0) is 17.0. The Labute approximate surface area is 148 Å². The molecule has 0 saturated heterocycles. The molecule has 0 aliphatic carbocycles. The summed E-state index contributed by atoms with van der Waals surface area (Å²) in [6, 6.07) is 0. The molecule has 0 aromatic rings. The molecule has 23 heavy (non-hydrogen) atoms. The summed E-state index contributed by atoms with van der Waals surface area (Å²) in [4.78, 5) is 0. The van der Waals surface area contributed by atoms with E-state index in [4.69, 9.17) is 0 Å². The average Bonchev–Trinajstić information content (AvgIpc) is 2.57. The first-order valence-electron chi connectivity index (χ1n) is 11.0. The van der Waals surface area contributed by atoms with E-state index >= 15 is 0 Å². The Hall–Kier alpha value is -0.260. The minimum Gasteiger partial charge on any atom is -0.103 e. The van der Waals surface area contributed by atoms with Crippen molar-refractivity contribution in [3.05, 3.63) is 12.7 Å². The molecule has 0 aliphatic heterocycles.